The lowest BCUT2D eigenvalue weighted by Gasteiger charge is -2.13. The third kappa shape index (κ3) is 5.20. The van der Waals surface area contributed by atoms with Crippen LogP contribution in [0.3, 0.4) is 0 Å². The minimum absolute atomic E-state index is 0.168. The summed E-state index contributed by atoms with van der Waals surface area (Å²) >= 11 is 5.19. The molecule has 0 heterocycles. The highest BCUT2D eigenvalue weighted by atomic mass is 32.2. The van der Waals surface area contributed by atoms with Crippen LogP contribution in [-0.2, 0) is 10.1 Å². The maximum atomic E-state index is 11.0. The molecule has 2 aromatic carbocycles. The fourth-order valence-electron chi connectivity index (χ4n) is 2.05. The van der Waals surface area contributed by atoms with Crippen molar-refractivity contribution in [1.29, 1.82) is 0 Å². The molecule has 2 rings (SSSR count). The summed E-state index contributed by atoms with van der Waals surface area (Å²) < 4.78 is 30.8. The van der Waals surface area contributed by atoms with Gasteiger partial charge in [0.25, 0.3) is 10.1 Å². The number of aryl methyl sites for hydroxylation is 2. The molecule has 0 saturated heterocycles. The Bertz CT molecular complexity index is 798. The summed E-state index contributed by atoms with van der Waals surface area (Å²) in [4.78, 5) is -0.168. The van der Waals surface area contributed by atoms with E-state index in [0.29, 0.717) is 10.8 Å². The maximum absolute atomic E-state index is 11.0. The highest BCUT2D eigenvalue weighted by Gasteiger charge is 2.08. The van der Waals surface area contributed by atoms with Crippen molar-refractivity contribution in [2.75, 3.05) is 10.7 Å². The molecule has 0 radical (unpaired) electrons. The van der Waals surface area contributed by atoms with E-state index in [0.717, 1.165) is 16.8 Å². The zero-order chi connectivity index (χ0) is 17.0. The summed E-state index contributed by atoms with van der Waals surface area (Å²) in [6, 6.07) is 11.6. The minimum Gasteiger partial charge on any atom is -0.331 e. The van der Waals surface area contributed by atoms with Crippen molar-refractivity contribution in [3.63, 3.8) is 0 Å². The summed E-state index contributed by atoms with van der Waals surface area (Å²) in [6.07, 6.45) is 0. The monoisotopic (exact) mass is 351 g/mol. The lowest BCUT2D eigenvalue weighted by molar-refractivity contribution is 0.483. The Hall–Kier alpha value is -2.16. The molecule has 0 aliphatic carbocycles. The van der Waals surface area contributed by atoms with Gasteiger partial charge in [-0.05, 0) is 73.6 Å². The van der Waals surface area contributed by atoms with Gasteiger partial charge in [0.05, 0.1) is 10.6 Å². The standard InChI is InChI=1S/C15H17N3O3S2/c1-10-7-11(2)9-13(8-10)16-15(22)18-17-12-3-5-14(6-4-12)23(19,20)21/h3-9,17H,1-2H3,(H2,16,18,22)(H,19,20,21). The summed E-state index contributed by atoms with van der Waals surface area (Å²) in [7, 11) is -4.19. The lowest BCUT2D eigenvalue weighted by atomic mass is 10.1. The second kappa shape index (κ2) is 6.95. The smallest absolute Gasteiger partial charge is 0.294 e. The molecule has 6 nitrogen and oxygen atoms in total. The Kier molecular flexibility index (Phi) is 5.19. The highest BCUT2D eigenvalue weighted by Crippen LogP contribution is 2.14. The second-order valence-corrected chi connectivity index (χ2v) is 6.91. The van der Waals surface area contributed by atoms with Gasteiger partial charge in [0, 0.05) is 5.69 Å². The molecule has 0 aromatic heterocycles. The number of rotatable bonds is 4. The van der Waals surface area contributed by atoms with Gasteiger partial charge in [-0.2, -0.15) is 8.42 Å². The van der Waals surface area contributed by atoms with Crippen LogP contribution in [0.15, 0.2) is 47.4 Å². The summed E-state index contributed by atoms with van der Waals surface area (Å²) in [5.74, 6) is 0. The van der Waals surface area contributed by atoms with E-state index < -0.39 is 10.1 Å². The normalized spacial score (nSPS) is 10.9. The largest absolute Gasteiger partial charge is 0.331 e. The van der Waals surface area contributed by atoms with Gasteiger partial charge in [-0.15, -0.1) is 0 Å². The fraction of sp³-hybridized carbons (Fsp3) is 0.133. The molecule has 8 heteroatoms. The summed E-state index contributed by atoms with van der Waals surface area (Å²) in [5.41, 5.74) is 9.38. The van der Waals surface area contributed by atoms with Gasteiger partial charge in [-0.3, -0.25) is 15.4 Å². The van der Waals surface area contributed by atoms with Crippen molar-refractivity contribution in [1.82, 2.24) is 5.43 Å². The van der Waals surface area contributed by atoms with Crippen LogP contribution in [0.2, 0.25) is 0 Å². The molecule has 0 amide bonds. The summed E-state index contributed by atoms with van der Waals surface area (Å²) in [5, 5.41) is 3.42. The van der Waals surface area contributed by atoms with Crippen molar-refractivity contribution in [2.24, 2.45) is 0 Å². The van der Waals surface area contributed by atoms with E-state index in [1.54, 1.807) is 0 Å². The predicted molar refractivity (Wildman–Crippen MR) is 95.2 cm³/mol. The first kappa shape index (κ1) is 17.2. The van der Waals surface area contributed by atoms with Gasteiger partial charge >= 0.3 is 0 Å². The Morgan fingerprint density at radius 2 is 1.57 bits per heavy atom. The van der Waals surface area contributed by atoms with Crippen LogP contribution in [0.1, 0.15) is 11.1 Å². The van der Waals surface area contributed by atoms with E-state index in [1.807, 2.05) is 26.0 Å². The molecular weight excluding hydrogens is 334 g/mol. The van der Waals surface area contributed by atoms with Crippen LogP contribution in [0, 0.1) is 13.8 Å². The Labute approximate surface area is 140 Å². The fourth-order valence-corrected chi connectivity index (χ4v) is 2.70. The molecule has 0 spiro atoms. The SMILES string of the molecule is Cc1cc(C)cc(NC(=S)NNc2ccc(S(=O)(=O)O)cc2)c1. The topological polar surface area (TPSA) is 90.5 Å². The van der Waals surface area contributed by atoms with Crippen LogP contribution in [-0.4, -0.2) is 18.1 Å². The molecule has 0 fully saturated rings. The van der Waals surface area contributed by atoms with Crippen molar-refractivity contribution in [3.05, 3.63) is 53.6 Å². The van der Waals surface area contributed by atoms with Crippen LogP contribution >= 0.6 is 12.2 Å². The molecule has 0 aliphatic rings. The number of hydrazine groups is 1. The average molecular weight is 351 g/mol. The van der Waals surface area contributed by atoms with Crippen molar-refractivity contribution >= 4 is 38.8 Å². The number of benzene rings is 2. The third-order valence-electron chi connectivity index (χ3n) is 2.95. The minimum atomic E-state index is -4.19. The highest BCUT2D eigenvalue weighted by molar-refractivity contribution is 7.85. The maximum Gasteiger partial charge on any atom is 0.294 e. The Morgan fingerprint density at radius 1 is 1.00 bits per heavy atom. The van der Waals surface area contributed by atoms with Gasteiger partial charge in [0.15, 0.2) is 5.11 Å². The predicted octanol–water partition coefficient (Wildman–Crippen LogP) is 2.86. The molecule has 0 aliphatic heterocycles. The quantitative estimate of drug-likeness (QED) is 0.382. The van der Waals surface area contributed by atoms with Gasteiger partial charge in [0.1, 0.15) is 0 Å². The van der Waals surface area contributed by atoms with Gasteiger partial charge in [-0.1, -0.05) is 6.07 Å². The van der Waals surface area contributed by atoms with E-state index in [-0.39, 0.29) is 4.90 Å². The van der Waals surface area contributed by atoms with Crippen molar-refractivity contribution in [2.45, 2.75) is 18.7 Å². The molecule has 0 unspecified atom stereocenters. The van der Waals surface area contributed by atoms with E-state index in [9.17, 15) is 8.42 Å². The van der Waals surface area contributed by atoms with E-state index >= 15 is 0 Å². The van der Waals surface area contributed by atoms with Crippen LogP contribution in [0.4, 0.5) is 11.4 Å². The number of hydrogen-bond donors (Lipinski definition) is 4. The summed E-state index contributed by atoms with van der Waals surface area (Å²) in [6.45, 7) is 4.01. The van der Waals surface area contributed by atoms with E-state index in [2.05, 4.69) is 22.2 Å². The number of hydrogen-bond acceptors (Lipinski definition) is 4. The molecular formula is C15H17N3O3S2. The van der Waals surface area contributed by atoms with Gasteiger partial charge in [0.2, 0.25) is 0 Å². The molecule has 2 aromatic rings. The first-order valence-electron chi connectivity index (χ1n) is 6.73. The second-order valence-electron chi connectivity index (χ2n) is 5.08. The third-order valence-corrected chi connectivity index (χ3v) is 4.02. The zero-order valence-electron chi connectivity index (χ0n) is 12.6. The molecule has 122 valence electrons. The first-order valence-corrected chi connectivity index (χ1v) is 8.58. The van der Waals surface area contributed by atoms with Gasteiger partial charge in [-0.25, -0.2) is 0 Å². The van der Waals surface area contributed by atoms with Crippen LogP contribution in [0.25, 0.3) is 0 Å². The number of anilines is 2. The average Bonchev–Trinajstić information content (AvgIpc) is 2.43. The van der Waals surface area contributed by atoms with Crippen LogP contribution in [0.5, 0.6) is 0 Å². The van der Waals surface area contributed by atoms with E-state index in [4.69, 9.17) is 16.8 Å². The molecule has 23 heavy (non-hydrogen) atoms. The molecule has 0 atom stereocenters. The van der Waals surface area contributed by atoms with Gasteiger partial charge < -0.3 is 5.32 Å². The molecule has 4 N–H and O–H groups in total. The number of nitrogens with one attached hydrogen (secondary N) is 3. The Morgan fingerprint density at radius 3 is 2.09 bits per heavy atom. The lowest BCUT2D eigenvalue weighted by Crippen LogP contribution is -2.33. The van der Waals surface area contributed by atoms with E-state index in [1.165, 1.54) is 24.3 Å². The van der Waals surface area contributed by atoms with Crippen molar-refractivity contribution < 1.29 is 13.0 Å². The number of thiocarbonyl (C=S) groups is 1. The van der Waals surface area contributed by atoms with Crippen molar-refractivity contribution in [3.8, 4) is 0 Å². The van der Waals surface area contributed by atoms with Crippen LogP contribution < -0.4 is 16.2 Å². The first-order chi connectivity index (χ1) is 10.7. The Balaban J connectivity index is 1.94. The molecule has 0 saturated carbocycles. The molecule has 0 bridgehead atoms. The zero-order valence-corrected chi connectivity index (χ0v) is 14.3.